The normalized spacial score (nSPS) is 13.6. The molecule has 2 aromatic rings. The Balaban J connectivity index is 2.44. The molecule has 2 N–H and O–H groups in total. The van der Waals surface area contributed by atoms with Crippen molar-refractivity contribution in [1.82, 2.24) is 5.32 Å². The van der Waals surface area contributed by atoms with Crippen LogP contribution in [0.1, 0.15) is 26.3 Å². The van der Waals surface area contributed by atoms with Crippen molar-refractivity contribution in [2.75, 3.05) is 0 Å². The number of amides is 1. The fourth-order valence-electron chi connectivity index (χ4n) is 2.14. The Bertz CT molecular complexity index is 859. The van der Waals surface area contributed by atoms with E-state index in [9.17, 15) is 9.90 Å². The molecular weight excluding hydrogens is 383 g/mol. The van der Waals surface area contributed by atoms with Crippen molar-refractivity contribution in [3.8, 4) is 0 Å². The van der Waals surface area contributed by atoms with Gasteiger partial charge in [0.1, 0.15) is 11.3 Å². The van der Waals surface area contributed by atoms with E-state index in [-0.39, 0.29) is 23.3 Å². The number of carbonyl (C=O) groups is 1. The molecule has 0 bridgehead atoms. The highest BCUT2D eigenvalue weighted by atomic mass is 35.5. The van der Waals surface area contributed by atoms with Crippen LogP contribution in [0.15, 0.2) is 59.1 Å². The summed E-state index contributed by atoms with van der Waals surface area (Å²) in [4.78, 5) is 17.1. The van der Waals surface area contributed by atoms with Crippen LogP contribution in [0.3, 0.4) is 0 Å². The topological polar surface area (TPSA) is 61.7 Å². The van der Waals surface area contributed by atoms with Crippen LogP contribution in [-0.2, 0) is 4.79 Å². The Morgan fingerprint density at radius 3 is 2.30 bits per heavy atom. The Kier molecular flexibility index (Phi) is 7.45. The Labute approximate surface area is 169 Å². The molecule has 6 heteroatoms. The second-order valence-corrected chi connectivity index (χ2v) is 7.33. The van der Waals surface area contributed by atoms with Gasteiger partial charge in [-0.05, 0) is 49.2 Å². The molecule has 0 fully saturated rings. The van der Waals surface area contributed by atoms with Gasteiger partial charge in [-0.15, -0.1) is 0 Å². The van der Waals surface area contributed by atoms with E-state index in [1.54, 1.807) is 48.5 Å². The smallest absolute Gasteiger partial charge is 0.256 e. The van der Waals surface area contributed by atoms with Crippen LogP contribution >= 0.6 is 23.2 Å². The van der Waals surface area contributed by atoms with Crippen molar-refractivity contribution in [3.05, 3.63) is 69.7 Å². The minimum absolute atomic E-state index is 0.0329. The number of hydrogen-bond donors (Lipinski definition) is 2. The number of nitrogens with one attached hydrogen (secondary N) is 1. The fraction of sp³-hybridized carbons (Fsp3) is 0.238. The second kappa shape index (κ2) is 9.58. The lowest BCUT2D eigenvalue weighted by Gasteiger charge is -2.18. The van der Waals surface area contributed by atoms with Crippen LogP contribution in [0.5, 0.6) is 0 Å². The van der Waals surface area contributed by atoms with Gasteiger partial charge < -0.3 is 10.4 Å². The van der Waals surface area contributed by atoms with E-state index in [0.29, 0.717) is 21.3 Å². The maximum absolute atomic E-state index is 12.8. The average molecular weight is 405 g/mol. The van der Waals surface area contributed by atoms with E-state index in [0.717, 1.165) is 0 Å². The molecule has 0 saturated carbocycles. The maximum atomic E-state index is 12.8. The number of aliphatic hydroxyl groups is 1. The van der Waals surface area contributed by atoms with Crippen molar-refractivity contribution in [3.63, 3.8) is 0 Å². The third kappa shape index (κ3) is 5.84. The van der Waals surface area contributed by atoms with Gasteiger partial charge in [0.05, 0.1) is 10.7 Å². The van der Waals surface area contributed by atoms with E-state index in [4.69, 9.17) is 23.2 Å². The first kappa shape index (κ1) is 21.0. The van der Waals surface area contributed by atoms with Crippen molar-refractivity contribution < 1.29 is 9.90 Å². The lowest BCUT2D eigenvalue weighted by Crippen LogP contribution is -2.37. The molecule has 27 heavy (non-hydrogen) atoms. The minimum Gasteiger partial charge on any atom is -0.506 e. The summed E-state index contributed by atoms with van der Waals surface area (Å²) >= 11 is 12.1. The second-order valence-electron chi connectivity index (χ2n) is 6.48. The lowest BCUT2D eigenvalue weighted by molar-refractivity contribution is -0.117. The highest BCUT2D eigenvalue weighted by Crippen LogP contribution is 2.25. The highest BCUT2D eigenvalue weighted by molar-refractivity contribution is 6.33. The number of nitrogens with zero attached hydrogens (tertiary/aromatic N) is 1. The van der Waals surface area contributed by atoms with Crippen LogP contribution in [0.4, 0.5) is 5.69 Å². The molecule has 0 heterocycles. The lowest BCUT2D eigenvalue weighted by atomic mass is 10.0. The summed E-state index contributed by atoms with van der Waals surface area (Å²) in [6.45, 7) is 5.91. The predicted molar refractivity (Wildman–Crippen MR) is 113 cm³/mol. The van der Waals surface area contributed by atoms with Crippen molar-refractivity contribution in [2.45, 2.75) is 26.8 Å². The fourth-order valence-corrected chi connectivity index (χ4v) is 2.49. The number of aliphatic imine (C=N–C) groups is 1. The number of carbonyl (C=O) groups excluding carboxylic acids is 1. The van der Waals surface area contributed by atoms with Gasteiger partial charge in [0, 0.05) is 22.8 Å². The molecule has 0 aromatic heterocycles. The van der Waals surface area contributed by atoms with Crippen molar-refractivity contribution in [1.29, 1.82) is 0 Å². The van der Waals surface area contributed by atoms with E-state index in [1.807, 2.05) is 20.8 Å². The molecule has 1 amide bonds. The van der Waals surface area contributed by atoms with Gasteiger partial charge >= 0.3 is 0 Å². The quantitative estimate of drug-likeness (QED) is 0.361. The molecule has 1 unspecified atom stereocenters. The van der Waals surface area contributed by atoms with E-state index in [2.05, 4.69) is 10.3 Å². The zero-order valence-corrected chi connectivity index (χ0v) is 16.9. The third-order valence-corrected chi connectivity index (χ3v) is 4.74. The number of benzene rings is 2. The Morgan fingerprint density at radius 2 is 1.70 bits per heavy atom. The summed E-state index contributed by atoms with van der Waals surface area (Å²) in [5, 5.41) is 14.5. The molecule has 0 spiro atoms. The standard InChI is InChI=1S/C21H22Cl2N2O2/c1-13(2)14(3)25-21(27)18(12-24-16-10-8-15(22)9-11-16)20(26)17-6-4-5-7-19(17)23/h4-14,26H,1-3H3,(H,25,27). The third-order valence-electron chi connectivity index (χ3n) is 4.16. The van der Waals surface area contributed by atoms with Gasteiger partial charge in [0.25, 0.3) is 5.91 Å². The van der Waals surface area contributed by atoms with Gasteiger partial charge in [-0.3, -0.25) is 9.79 Å². The van der Waals surface area contributed by atoms with Crippen LogP contribution in [0.2, 0.25) is 10.0 Å². The van der Waals surface area contributed by atoms with E-state index < -0.39 is 5.91 Å². The first-order valence-corrected chi connectivity index (χ1v) is 9.33. The monoisotopic (exact) mass is 404 g/mol. The summed E-state index contributed by atoms with van der Waals surface area (Å²) in [7, 11) is 0. The maximum Gasteiger partial charge on any atom is 0.256 e. The molecule has 0 aliphatic heterocycles. The number of rotatable bonds is 6. The zero-order chi connectivity index (χ0) is 20.0. The number of halogens is 2. The zero-order valence-electron chi connectivity index (χ0n) is 15.4. The summed E-state index contributed by atoms with van der Waals surface area (Å²) in [5.41, 5.74) is 1.00. The first-order valence-electron chi connectivity index (χ1n) is 8.58. The summed E-state index contributed by atoms with van der Waals surface area (Å²) in [6, 6.07) is 13.5. The Hall–Kier alpha value is -2.30. The highest BCUT2D eigenvalue weighted by Gasteiger charge is 2.19. The van der Waals surface area contributed by atoms with E-state index in [1.165, 1.54) is 6.21 Å². The molecule has 2 aromatic carbocycles. The van der Waals surface area contributed by atoms with Crippen LogP contribution in [0, 0.1) is 5.92 Å². The summed E-state index contributed by atoms with van der Waals surface area (Å²) in [5.74, 6) is -0.413. The molecule has 0 aliphatic rings. The molecule has 0 aliphatic carbocycles. The molecule has 0 radical (unpaired) electrons. The largest absolute Gasteiger partial charge is 0.506 e. The molecular formula is C21H22Cl2N2O2. The Morgan fingerprint density at radius 1 is 1.07 bits per heavy atom. The van der Waals surface area contributed by atoms with E-state index >= 15 is 0 Å². The molecule has 0 saturated heterocycles. The first-order chi connectivity index (χ1) is 12.8. The number of aliphatic hydroxyl groups excluding tert-OH is 1. The van der Waals surface area contributed by atoms with Gasteiger partial charge in [0.15, 0.2) is 0 Å². The molecule has 142 valence electrons. The van der Waals surface area contributed by atoms with Gasteiger partial charge in [-0.25, -0.2) is 0 Å². The number of hydrogen-bond acceptors (Lipinski definition) is 3. The van der Waals surface area contributed by atoms with Gasteiger partial charge in [0.2, 0.25) is 0 Å². The summed E-state index contributed by atoms with van der Waals surface area (Å²) in [6.07, 6.45) is 1.34. The van der Waals surface area contributed by atoms with Gasteiger partial charge in [-0.1, -0.05) is 49.2 Å². The molecule has 4 nitrogen and oxygen atoms in total. The predicted octanol–water partition coefficient (Wildman–Crippen LogP) is 5.83. The SMILES string of the molecule is CC(C)C(C)NC(=O)C(C=Nc1ccc(Cl)cc1)=C(O)c1ccccc1Cl. The van der Waals surface area contributed by atoms with Gasteiger partial charge in [-0.2, -0.15) is 0 Å². The van der Waals surface area contributed by atoms with Crippen LogP contribution in [0.25, 0.3) is 5.76 Å². The summed E-state index contributed by atoms with van der Waals surface area (Å²) < 4.78 is 0. The van der Waals surface area contributed by atoms with Crippen molar-refractivity contribution in [2.24, 2.45) is 10.9 Å². The minimum atomic E-state index is -0.425. The van der Waals surface area contributed by atoms with Crippen LogP contribution < -0.4 is 5.32 Å². The average Bonchev–Trinajstić information content (AvgIpc) is 2.63. The van der Waals surface area contributed by atoms with Crippen molar-refractivity contribution >= 4 is 46.8 Å². The van der Waals surface area contributed by atoms with Crippen LogP contribution in [-0.4, -0.2) is 23.3 Å². The molecule has 2 rings (SSSR count). The molecule has 1 atom stereocenters.